The van der Waals surface area contributed by atoms with Crippen molar-refractivity contribution in [2.24, 2.45) is 0 Å². The fourth-order valence-corrected chi connectivity index (χ4v) is 2.25. The smallest absolute Gasteiger partial charge is 0.163 e. The van der Waals surface area contributed by atoms with Crippen molar-refractivity contribution in [1.82, 2.24) is 9.78 Å². The van der Waals surface area contributed by atoms with Crippen molar-refractivity contribution in [3.8, 4) is 17.2 Å². The molecule has 0 saturated heterocycles. The summed E-state index contributed by atoms with van der Waals surface area (Å²) in [7, 11) is 0. The third-order valence-electron chi connectivity index (χ3n) is 3.24. The minimum Gasteiger partial charge on any atom is -0.490 e. The first kappa shape index (κ1) is 15.1. The van der Waals surface area contributed by atoms with E-state index >= 15 is 0 Å². The summed E-state index contributed by atoms with van der Waals surface area (Å²) in [6.45, 7) is 8.69. The van der Waals surface area contributed by atoms with Gasteiger partial charge in [0.15, 0.2) is 17.8 Å². The molecule has 2 aromatic rings. The minimum atomic E-state index is 0.556. The Morgan fingerprint density at radius 2 is 1.81 bits per heavy atom. The van der Waals surface area contributed by atoms with Gasteiger partial charge in [0.25, 0.3) is 0 Å². The highest BCUT2D eigenvalue weighted by atomic mass is 16.5. The van der Waals surface area contributed by atoms with Gasteiger partial charge in [-0.2, -0.15) is 5.10 Å². The van der Waals surface area contributed by atoms with Crippen LogP contribution in [0.4, 0.5) is 0 Å². The SMILES string of the molecule is CCOc1ccc(-n2nc(C)c(C=O)c2C)cc1OCC. The molecule has 5 heteroatoms. The molecule has 0 unspecified atom stereocenters. The maximum atomic E-state index is 11.1. The van der Waals surface area contributed by atoms with Crippen molar-refractivity contribution < 1.29 is 14.3 Å². The molecule has 0 aliphatic carbocycles. The maximum absolute atomic E-state index is 11.1. The quantitative estimate of drug-likeness (QED) is 0.766. The standard InChI is InChI=1S/C16H20N2O3/c1-5-20-15-8-7-13(9-16(15)21-6-2)18-12(4)14(10-19)11(3)17-18/h7-10H,5-6H2,1-4H3. The number of hydrogen-bond acceptors (Lipinski definition) is 4. The lowest BCUT2D eigenvalue weighted by molar-refractivity contribution is 0.112. The molecule has 1 heterocycles. The van der Waals surface area contributed by atoms with Gasteiger partial charge in [-0.1, -0.05) is 0 Å². The van der Waals surface area contributed by atoms with Crippen LogP contribution in [0, 0.1) is 13.8 Å². The van der Waals surface area contributed by atoms with E-state index in [2.05, 4.69) is 5.10 Å². The number of hydrogen-bond donors (Lipinski definition) is 0. The second kappa shape index (κ2) is 6.43. The van der Waals surface area contributed by atoms with Crippen molar-refractivity contribution in [1.29, 1.82) is 0 Å². The normalized spacial score (nSPS) is 10.5. The van der Waals surface area contributed by atoms with E-state index in [4.69, 9.17) is 9.47 Å². The summed E-state index contributed by atoms with van der Waals surface area (Å²) in [6.07, 6.45) is 0.839. The van der Waals surface area contributed by atoms with E-state index in [0.717, 1.165) is 17.7 Å². The molecule has 112 valence electrons. The van der Waals surface area contributed by atoms with Gasteiger partial charge in [-0.25, -0.2) is 4.68 Å². The van der Waals surface area contributed by atoms with Gasteiger partial charge in [0.1, 0.15) is 0 Å². The van der Waals surface area contributed by atoms with Crippen LogP contribution in [0.25, 0.3) is 5.69 Å². The Morgan fingerprint density at radius 1 is 1.14 bits per heavy atom. The lowest BCUT2D eigenvalue weighted by Crippen LogP contribution is -2.03. The summed E-state index contributed by atoms with van der Waals surface area (Å²) in [4.78, 5) is 11.1. The molecule has 1 aromatic heterocycles. The van der Waals surface area contributed by atoms with Crippen LogP contribution in [-0.4, -0.2) is 29.3 Å². The van der Waals surface area contributed by atoms with Gasteiger partial charge in [-0.15, -0.1) is 0 Å². The molecule has 0 spiro atoms. The zero-order valence-corrected chi connectivity index (χ0v) is 12.8. The Labute approximate surface area is 124 Å². The predicted molar refractivity (Wildman–Crippen MR) is 80.8 cm³/mol. The Hall–Kier alpha value is -2.30. The Kier molecular flexibility index (Phi) is 4.62. The minimum absolute atomic E-state index is 0.556. The van der Waals surface area contributed by atoms with Gasteiger partial charge < -0.3 is 9.47 Å². The van der Waals surface area contributed by atoms with Crippen molar-refractivity contribution in [3.05, 3.63) is 35.2 Å². The van der Waals surface area contributed by atoms with Gasteiger partial charge >= 0.3 is 0 Å². The average Bonchev–Trinajstić information content (AvgIpc) is 2.76. The summed E-state index contributed by atoms with van der Waals surface area (Å²) in [5.41, 5.74) is 3.00. The van der Waals surface area contributed by atoms with Crippen molar-refractivity contribution in [2.75, 3.05) is 13.2 Å². The first-order chi connectivity index (χ1) is 10.1. The van der Waals surface area contributed by atoms with E-state index < -0.39 is 0 Å². The number of rotatable bonds is 6. The van der Waals surface area contributed by atoms with Crippen molar-refractivity contribution in [2.45, 2.75) is 27.7 Å². The van der Waals surface area contributed by atoms with Crippen LogP contribution in [0.15, 0.2) is 18.2 Å². The van der Waals surface area contributed by atoms with Crippen LogP contribution in [0.3, 0.4) is 0 Å². The van der Waals surface area contributed by atoms with Crippen LogP contribution in [0.1, 0.15) is 35.6 Å². The van der Waals surface area contributed by atoms with Crippen LogP contribution in [0.5, 0.6) is 11.5 Å². The third-order valence-corrected chi connectivity index (χ3v) is 3.24. The summed E-state index contributed by atoms with van der Waals surface area (Å²) < 4.78 is 12.9. The molecule has 0 radical (unpaired) electrons. The molecule has 0 saturated carbocycles. The number of benzene rings is 1. The molecule has 2 rings (SSSR count). The number of nitrogens with zero attached hydrogens (tertiary/aromatic N) is 2. The van der Waals surface area contributed by atoms with Crippen molar-refractivity contribution >= 4 is 6.29 Å². The van der Waals surface area contributed by atoms with Gasteiger partial charge in [0.05, 0.1) is 35.9 Å². The molecule has 0 bridgehead atoms. The summed E-state index contributed by atoms with van der Waals surface area (Å²) in [5, 5.41) is 4.42. The predicted octanol–water partition coefficient (Wildman–Crippen LogP) is 3.10. The number of carbonyl (C=O) groups is 1. The molecule has 5 nitrogen and oxygen atoms in total. The fourth-order valence-electron chi connectivity index (χ4n) is 2.25. The molecule has 0 amide bonds. The molecular formula is C16H20N2O3. The highest BCUT2D eigenvalue weighted by Crippen LogP contribution is 2.30. The number of carbonyl (C=O) groups excluding carboxylic acids is 1. The second-order valence-corrected chi connectivity index (χ2v) is 4.61. The lowest BCUT2D eigenvalue weighted by Gasteiger charge is -2.13. The summed E-state index contributed by atoms with van der Waals surface area (Å²) in [5.74, 6) is 1.39. The number of ether oxygens (including phenoxy) is 2. The van der Waals surface area contributed by atoms with Crippen LogP contribution in [-0.2, 0) is 0 Å². The van der Waals surface area contributed by atoms with Crippen LogP contribution in [0.2, 0.25) is 0 Å². The molecule has 0 fully saturated rings. The lowest BCUT2D eigenvalue weighted by atomic mass is 10.2. The molecule has 0 atom stereocenters. The largest absolute Gasteiger partial charge is 0.490 e. The highest BCUT2D eigenvalue weighted by Gasteiger charge is 2.14. The topological polar surface area (TPSA) is 53.4 Å². The highest BCUT2D eigenvalue weighted by molar-refractivity contribution is 5.78. The second-order valence-electron chi connectivity index (χ2n) is 4.61. The Bertz CT molecular complexity index is 647. The van der Waals surface area contributed by atoms with E-state index in [1.807, 2.05) is 45.9 Å². The van der Waals surface area contributed by atoms with Gasteiger partial charge in [0.2, 0.25) is 0 Å². The molecule has 1 aromatic carbocycles. The van der Waals surface area contributed by atoms with Crippen LogP contribution < -0.4 is 9.47 Å². The molecule has 0 aliphatic heterocycles. The average molecular weight is 288 g/mol. The van der Waals surface area contributed by atoms with Crippen LogP contribution >= 0.6 is 0 Å². The van der Waals surface area contributed by atoms with E-state index in [1.54, 1.807) is 4.68 Å². The molecule has 0 N–H and O–H groups in total. The fraction of sp³-hybridized carbons (Fsp3) is 0.375. The van der Waals surface area contributed by atoms with Gasteiger partial charge in [-0.05, 0) is 39.8 Å². The third kappa shape index (κ3) is 2.91. The first-order valence-corrected chi connectivity index (χ1v) is 7.03. The van der Waals surface area contributed by atoms with E-state index in [-0.39, 0.29) is 0 Å². The van der Waals surface area contributed by atoms with E-state index in [9.17, 15) is 4.79 Å². The monoisotopic (exact) mass is 288 g/mol. The zero-order valence-electron chi connectivity index (χ0n) is 12.8. The first-order valence-electron chi connectivity index (χ1n) is 7.03. The molecule has 0 aliphatic rings. The maximum Gasteiger partial charge on any atom is 0.163 e. The molecule has 21 heavy (non-hydrogen) atoms. The van der Waals surface area contributed by atoms with Gasteiger partial charge in [-0.3, -0.25) is 4.79 Å². The summed E-state index contributed by atoms with van der Waals surface area (Å²) in [6, 6.07) is 5.64. The van der Waals surface area contributed by atoms with Gasteiger partial charge in [0, 0.05) is 6.07 Å². The van der Waals surface area contributed by atoms with E-state index in [0.29, 0.717) is 36.0 Å². The zero-order chi connectivity index (χ0) is 15.4. The number of aromatic nitrogens is 2. The number of aldehydes is 1. The Balaban J connectivity index is 2.49. The molecular weight excluding hydrogens is 268 g/mol. The summed E-state index contributed by atoms with van der Waals surface area (Å²) >= 11 is 0. The van der Waals surface area contributed by atoms with Crippen molar-refractivity contribution in [3.63, 3.8) is 0 Å². The number of aryl methyl sites for hydroxylation is 1. The Morgan fingerprint density at radius 3 is 2.38 bits per heavy atom. The van der Waals surface area contributed by atoms with E-state index in [1.165, 1.54) is 0 Å².